The molecule has 0 radical (unpaired) electrons. The summed E-state index contributed by atoms with van der Waals surface area (Å²) in [5.74, 6) is -1.84. The zero-order chi connectivity index (χ0) is 24.0. The van der Waals surface area contributed by atoms with E-state index in [2.05, 4.69) is 5.32 Å². The molecule has 1 unspecified atom stereocenters. The number of pyridine rings is 1. The number of aromatic nitrogens is 1. The molecular weight excluding hydrogens is 433 g/mol. The highest BCUT2D eigenvalue weighted by molar-refractivity contribution is 5.99. The smallest absolute Gasteiger partial charge is 0.276 e. The summed E-state index contributed by atoms with van der Waals surface area (Å²) in [5, 5.41) is 13.1. The van der Waals surface area contributed by atoms with Gasteiger partial charge in [0, 0.05) is 26.4 Å². The molecular formula is C23H28FN3O6. The summed E-state index contributed by atoms with van der Waals surface area (Å²) in [6, 6.07) is 5.60. The lowest BCUT2D eigenvalue weighted by atomic mass is 10.1. The number of carbonyl (C=O) groups excluding carboxylic acids is 2. The Balaban J connectivity index is 1.94. The number of carbonyl (C=O) groups is 2. The van der Waals surface area contributed by atoms with Crippen molar-refractivity contribution in [1.29, 1.82) is 0 Å². The second kappa shape index (κ2) is 11.1. The van der Waals surface area contributed by atoms with Crippen LogP contribution in [0, 0.1) is 5.82 Å². The van der Waals surface area contributed by atoms with E-state index in [1.165, 1.54) is 47.0 Å². The predicted molar refractivity (Wildman–Crippen MR) is 118 cm³/mol. The molecule has 33 heavy (non-hydrogen) atoms. The molecule has 1 aliphatic rings. The number of halogens is 1. The minimum absolute atomic E-state index is 0.00686. The van der Waals surface area contributed by atoms with Crippen molar-refractivity contribution in [2.75, 3.05) is 26.9 Å². The number of unbranched alkanes of at least 4 members (excludes halogenated alkanes) is 1. The molecule has 1 aromatic heterocycles. The van der Waals surface area contributed by atoms with Crippen molar-refractivity contribution in [1.82, 2.24) is 14.8 Å². The van der Waals surface area contributed by atoms with Gasteiger partial charge in [-0.3, -0.25) is 14.4 Å². The lowest BCUT2D eigenvalue weighted by Gasteiger charge is -2.35. The lowest BCUT2D eigenvalue weighted by molar-refractivity contribution is -0.0207. The third-order valence-electron chi connectivity index (χ3n) is 5.31. The van der Waals surface area contributed by atoms with Crippen molar-refractivity contribution in [3.8, 4) is 5.75 Å². The van der Waals surface area contributed by atoms with Crippen LogP contribution in [-0.4, -0.2) is 59.5 Å². The van der Waals surface area contributed by atoms with E-state index >= 15 is 0 Å². The second-order valence-corrected chi connectivity index (χ2v) is 7.69. The maximum absolute atomic E-state index is 13.2. The molecule has 2 amide bonds. The first-order valence-corrected chi connectivity index (χ1v) is 10.8. The van der Waals surface area contributed by atoms with Gasteiger partial charge in [0.1, 0.15) is 17.6 Å². The number of aliphatic hydroxyl groups is 1. The molecule has 1 atom stereocenters. The van der Waals surface area contributed by atoms with Crippen LogP contribution in [0.4, 0.5) is 4.39 Å². The molecule has 2 aromatic rings. The number of fused-ring (bicyclic) bond motifs is 1. The van der Waals surface area contributed by atoms with E-state index in [1.807, 2.05) is 6.92 Å². The maximum atomic E-state index is 13.2. The zero-order valence-corrected chi connectivity index (χ0v) is 18.7. The average molecular weight is 461 g/mol. The van der Waals surface area contributed by atoms with Gasteiger partial charge < -0.3 is 29.4 Å². The molecule has 0 aliphatic carbocycles. The first-order valence-electron chi connectivity index (χ1n) is 10.8. The average Bonchev–Trinajstić information content (AvgIpc) is 2.79. The first kappa shape index (κ1) is 24.4. The maximum Gasteiger partial charge on any atom is 0.276 e. The Bertz CT molecular complexity index is 1050. The fourth-order valence-electron chi connectivity index (χ4n) is 3.48. The predicted octanol–water partition coefficient (Wildman–Crippen LogP) is 1.52. The standard InChI is InChI=1S/C23H28FN3O6/c1-3-4-10-33-21-19-23(31)27(9-11-32-2)18(28)14-26(19)13-17(20(21)29)22(30)25-12-15-5-7-16(24)8-6-15/h5-8,13,18,28H,3-4,9-12,14H2,1-2H3,(H,25,30). The third-order valence-corrected chi connectivity index (χ3v) is 5.31. The minimum Gasteiger partial charge on any atom is -0.487 e. The van der Waals surface area contributed by atoms with Crippen molar-refractivity contribution in [3.05, 3.63) is 63.3 Å². The molecule has 0 saturated heterocycles. The number of nitrogens with one attached hydrogen (secondary N) is 1. The van der Waals surface area contributed by atoms with Crippen LogP contribution < -0.4 is 15.5 Å². The van der Waals surface area contributed by atoms with Crippen molar-refractivity contribution < 1.29 is 28.6 Å². The van der Waals surface area contributed by atoms with Crippen LogP contribution in [0.2, 0.25) is 0 Å². The van der Waals surface area contributed by atoms with Crippen LogP contribution in [0.15, 0.2) is 35.3 Å². The number of benzene rings is 1. The van der Waals surface area contributed by atoms with Gasteiger partial charge >= 0.3 is 0 Å². The number of hydrogen-bond donors (Lipinski definition) is 2. The first-order chi connectivity index (χ1) is 15.9. The summed E-state index contributed by atoms with van der Waals surface area (Å²) >= 11 is 0. The number of ether oxygens (including phenoxy) is 2. The van der Waals surface area contributed by atoms with Gasteiger partial charge in [0.15, 0.2) is 11.4 Å². The van der Waals surface area contributed by atoms with Crippen LogP contribution in [0.5, 0.6) is 5.75 Å². The Morgan fingerprint density at radius 2 is 1.97 bits per heavy atom. The summed E-state index contributed by atoms with van der Waals surface area (Å²) in [6.45, 7) is 2.56. The number of methoxy groups -OCH3 is 1. The van der Waals surface area contributed by atoms with E-state index in [0.717, 1.165) is 6.42 Å². The number of nitrogens with zero attached hydrogens (tertiary/aromatic N) is 2. The largest absolute Gasteiger partial charge is 0.487 e. The van der Waals surface area contributed by atoms with Crippen molar-refractivity contribution in [3.63, 3.8) is 0 Å². The number of rotatable bonds is 10. The Morgan fingerprint density at radius 3 is 2.64 bits per heavy atom. The summed E-state index contributed by atoms with van der Waals surface area (Å²) in [4.78, 5) is 40.3. The van der Waals surface area contributed by atoms with Gasteiger partial charge in [-0.15, -0.1) is 0 Å². The molecule has 1 aromatic carbocycles. The van der Waals surface area contributed by atoms with E-state index in [9.17, 15) is 23.9 Å². The summed E-state index contributed by atoms with van der Waals surface area (Å²) in [7, 11) is 1.48. The van der Waals surface area contributed by atoms with Gasteiger partial charge in [0.05, 0.1) is 19.8 Å². The Kier molecular flexibility index (Phi) is 8.18. The highest BCUT2D eigenvalue weighted by atomic mass is 19.1. The topological polar surface area (TPSA) is 110 Å². The summed E-state index contributed by atoms with van der Waals surface area (Å²) < 4.78 is 25.2. The fraction of sp³-hybridized carbons (Fsp3) is 0.435. The quantitative estimate of drug-likeness (QED) is 0.519. The zero-order valence-electron chi connectivity index (χ0n) is 18.7. The molecule has 3 rings (SSSR count). The molecule has 0 saturated carbocycles. The SMILES string of the molecule is CCCCOc1c2n(cc(C(=O)NCc3ccc(F)cc3)c1=O)CC(O)N(CCOC)C2=O. The van der Waals surface area contributed by atoms with E-state index in [4.69, 9.17) is 9.47 Å². The molecule has 2 heterocycles. The highest BCUT2D eigenvalue weighted by Gasteiger charge is 2.36. The molecule has 178 valence electrons. The van der Waals surface area contributed by atoms with Gasteiger partial charge in [-0.1, -0.05) is 25.5 Å². The molecule has 0 fully saturated rings. The van der Waals surface area contributed by atoms with Gasteiger partial charge in [0.2, 0.25) is 5.43 Å². The van der Waals surface area contributed by atoms with Crippen LogP contribution >= 0.6 is 0 Å². The van der Waals surface area contributed by atoms with Crippen LogP contribution in [0.3, 0.4) is 0 Å². The van der Waals surface area contributed by atoms with E-state index in [0.29, 0.717) is 12.0 Å². The highest BCUT2D eigenvalue weighted by Crippen LogP contribution is 2.24. The van der Waals surface area contributed by atoms with Gasteiger partial charge in [-0.05, 0) is 24.1 Å². The Morgan fingerprint density at radius 1 is 1.24 bits per heavy atom. The van der Waals surface area contributed by atoms with Crippen molar-refractivity contribution in [2.45, 2.75) is 39.1 Å². The van der Waals surface area contributed by atoms with Crippen LogP contribution in [0.1, 0.15) is 46.2 Å². The molecule has 0 spiro atoms. The summed E-state index contributed by atoms with van der Waals surface area (Å²) in [6.07, 6.45) is 1.58. The number of aliphatic hydroxyl groups excluding tert-OH is 1. The van der Waals surface area contributed by atoms with Gasteiger partial charge in [-0.25, -0.2) is 4.39 Å². The Labute approximate surface area is 190 Å². The molecule has 9 nitrogen and oxygen atoms in total. The van der Waals surface area contributed by atoms with Crippen LogP contribution in [-0.2, 0) is 17.8 Å². The van der Waals surface area contributed by atoms with E-state index in [-0.39, 0.29) is 49.9 Å². The molecule has 2 N–H and O–H groups in total. The van der Waals surface area contributed by atoms with Gasteiger partial charge in [-0.2, -0.15) is 0 Å². The Hall–Kier alpha value is -3.24. The molecule has 1 aliphatic heterocycles. The monoisotopic (exact) mass is 461 g/mol. The minimum atomic E-state index is -1.15. The van der Waals surface area contributed by atoms with E-state index < -0.39 is 29.3 Å². The fourth-order valence-corrected chi connectivity index (χ4v) is 3.48. The lowest BCUT2D eigenvalue weighted by Crippen LogP contribution is -2.50. The summed E-state index contributed by atoms with van der Waals surface area (Å²) in [5.41, 5.74) is -0.266. The normalized spacial score (nSPS) is 15.3. The van der Waals surface area contributed by atoms with Crippen molar-refractivity contribution >= 4 is 11.8 Å². The van der Waals surface area contributed by atoms with Crippen molar-refractivity contribution in [2.24, 2.45) is 0 Å². The number of hydrogen-bond acceptors (Lipinski definition) is 6. The van der Waals surface area contributed by atoms with Gasteiger partial charge in [0.25, 0.3) is 11.8 Å². The molecule has 0 bridgehead atoms. The van der Waals surface area contributed by atoms with E-state index in [1.54, 1.807) is 0 Å². The second-order valence-electron chi connectivity index (χ2n) is 7.69. The molecule has 10 heteroatoms. The number of amides is 2. The van der Waals surface area contributed by atoms with Crippen LogP contribution in [0.25, 0.3) is 0 Å². The third kappa shape index (κ3) is 5.58.